The van der Waals surface area contributed by atoms with E-state index in [1.54, 1.807) is 0 Å². The van der Waals surface area contributed by atoms with Crippen molar-refractivity contribution >= 4 is 27.8 Å². The molecule has 0 N–H and O–H groups in total. The molecule has 2 heteroatoms. The van der Waals surface area contributed by atoms with Crippen molar-refractivity contribution in [2.75, 3.05) is 4.90 Å². The fourth-order valence-electron chi connectivity index (χ4n) is 8.34. The Bertz CT molecular complexity index is 2640. The van der Waals surface area contributed by atoms with Gasteiger partial charge >= 0.3 is 0 Å². The van der Waals surface area contributed by atoms with E-state index < -0.39 is 0 Å². The van der Waals surface area contributed by atoms with Crippen molar-refractivity contribution in [1.82, 2.24) is 0 Å². The smallest absolute Gasteiger partial charge is 0.136 e. The van der Waals surface area contributed by atoms with Crippen LogP contribution in [0.4, 0.5) is 17.1 Å². The van der Waals surface area contributed by atoms with Gasteiger partial charge in [0.05, 0.1) is 5.69 Å². The minimum Gasteiger partial charge on any atom is -0.456 e. The lowest BCUT2D eigenvalue weighted by molar-refractivity contribution is 0.487. The van der Waals surface area contributed by atoms with Gasteiger partial charge in [0.15, 0.2) is 0 Å². The van der Waals surface area contributed by atoms with Crippen LogP contribution >= 0.6 is 0 Å². The van der Waals surface area contributed by atoms with Crippen LogP contribution in [0.1, 0.15) is 25.0 Å². The predicted octanol–water partition coefficient (Wildman–Crippen LogP) is 13.7. The Morgan fingerprint density at radius 3 is 1.90 bits per heavy atom. The number of ether oxygens (including phenoxy) is 1. The van der Waals surface area contributed by atoms with Crippen LogP contribution in [-0.4, -0.2) is 0 Å². The molecule has 0 bridgehead atoms. The van der Waals surface area contributed by atoms with Crippen molar-refractivity contribution in [1.29, 1.82) is 0 Å². The quantitative estimate of drug-likeness (QED) is 0.183. The third-order valence-corrected chi connectivity index (χ3v) is 10.9. The highest BCUT2D eigenvalue weighted by molar-refractivity contribution is 6.11. The Balaban J connectivity index is 1.10. The summed E-state index contributed by atoms with van der Waals surface area (Å²) in [4.78, 5) is 2.40. The molecule has 1 aliphatic carbocycles. The molecule has 51 heavy (non-hydrogen) atoms. The summed E-state index contributed by atoms with van der Waals surface area (Å²) in [6.07, 6.45) is 0. The van der Waals surface area contributed by atoms with Gasteiger partial charge in [-0.2, -0.15) is 0 Å². The van der Waals surface area contributed by atoms with Gasteiger partial charge in [0.2, 0.25) is 0 Å². The van der Waals surface area contributed by atoms with Gasteiger partial charge in [-0.15, -0.1) is 0 Å². The molecule has 242 valence electrons. The summed E-state index contributed by atoms with van der Waals surface area (Å²) in [7, 11) is 0. The molecule has 0 radical (unpaired) electrons. The highest BCUT2D eigenvalue weighted by Crippen LogP contribution is 2.53. The average molecular weight is 654 g/mol. The van der Waals surface area contributed by atoms with E-state index >= 15 is 0 Å². The number of para-hydroxylation sites is 1. The van der Waals surface area contributed by atoms with E-state index in [2.05, 4.69) is 195 Å². The molecule has 0 spiro atoms. The second kappa shape index (κ2) is 11.3. The number of rotatable bonds is 5. The lowest BCUT2D eigenvalue weighted by atomic mass is 9.82. The van der Waals surface area contributed by atoms with E-state index in [1.807, 2.05) is 0 Å². The molecule has 2 aliphatic rings. The van der Waals surface area contributed by atoms with Crippen LogP contribution in [0.3, 0.4) is 0 Å². The van der Waals surface area contributed by atoms with Crippen molar-refractivity contribution in [2.45, 2.75) is 19.3 Å². The molecule has 0 unspecified atom stereocenters. The Labute approximate surface area is 298 Å². The van der Waals surface area contributed by atoms with Crippen molar-refractivity contribution in [2.24, 2.45) is 0 Å². The van der Waals surface area contributed by atoms with E-state index in [-0.39, 0.29) is 5.41 Å². The predicted molar refractivity (Wildman–Crippen MR) is 213 cm³/mol. The minimum absolute atomic E-state index is 0.0938. The first-order chi connectivity index (χ1) is 25.0. The summed E-state index contributed by atoms with van der Waals surface area (Å²) in [6.45, 7) is 4.69. The highest BCUT2D eigenvalue weighted by atomic mass is 16.5. The Kier molecular flexibility index (Phi) is 6.56. The Morgan fingerprint density at radius 2 is 1.06 bits per heavy atom. The number of anilines is 3. The first-order valence-electron chi connectivity index (χ1n) is 17.7. The topological polar surface area (TPSA) is 12.5 Å². The molecular formula is C49H35NO. The van der Waals surface area contributed by atoms with E-state index in [9.17, 15) is 0 Å². The molecule has 1 aliphatic heterocycles. The Hall–Kier alpha value is -6.38. The van der Waals surface area contributed by atoms with Crippen LogP contribution in [0.15, 0.2) is 176 Å². The third kappa shape index (κ3) is 4.64. The van der Waals surface area contributed by atoms with Crippen molar-refractivity contribution in [3.8, 4) is 56.0 Å². The van der Waals surface area contributed by atoms with E-state index in [1.165, 1.54) is 44.5 Å². The zero-order valence-corrected chi connectivity index (χ0v) is 28.6. The van der Waals surface area contributed by atoms with Crippen LogP contribution in [0.25, 0.3) is 55.3 Å². The summed E-state index contributed by atoms with van der Waals surface area (Å²) < 4.78 is 6.78. The number of nitrogens with zero attached hydrogens (tertiary/aromatic N) is 1. The van der Waals surface area contributed by atoms with Crippen molar-refractivity contribution in [3.05, 3.63) is 187 Å². The van der Waals surface area contributed by atoms with Gasteiger partial charge in [-0.3, -0.25) is 0 Å². The van der Waals surface area contributed by atoms with Gasteiger partial charge in [0.25, 0.3) is 0 Å². The summed E-state index contributed by atoms with van der Waals surface area (Å²) in [5.41, 5.74) is 15.7. The molecular weight excluding hydrogens is 619 g/mol. The van der Waals surface area contributed by atoms with Gasteiger partial charge < -0.3 is 9.64 Å². The number of hydrogen-bond donors (Lipinski definition) is 0. The zero-order valence-electron chi connectivity index (χ0n) is 28.6. The van der Waals surface area contributed by atoms with E-state index in [4.69, 9.17) is 4.74 Å². The number of benzene rings is 8. The number of hydrogen-bond acceptors (Lipinski definition) is 2. The summed E-state index contributed by atoms with van der Waals surface area (Å²) in [5, 5.41) is 2.29. The fourth-order valence-corrected chi connectivity index (χ4v) is 8.34. The monoisotopic (exact) mass is 653 g/mol. The molecule has 8 aromatic rings. The van der Waals surface area contributed by atoms with E-state index in [0.717, 1.165) is 50.5 Å². The molecule has 10 rings (SSSR count). The maximum absolute atomic E-state index is 6.78. The minimum atomic E-state index is -0.0938. The van der Waals surface area contributed by atoms with Gasteiger partial charge in [-0.25, -0.2) is 0 Å². The van der Waals surface area contributed by atoms with Crippen LogP contribution in [-0.2, 0) is 5.41 Å². The maximum Gasteiger partial charge on any atom is 0.136 e. The van der Waals surface area contributed by atoms with Gasteiger partial charge in [-0.05, 0) is 105 Å². The molecule has 0 atom stereocenters. The lowest BCUT2D eigenvalue weighted by Crippen LogP contribution is -2.16. The molecule has 0 saturated heterocycles. The van der Waals surface area contributed by atoms with Crippen molar-refractivity contribution in [3.63, 3.8) is 0 Å². The second-order valence-electron chi connectivity index (χ2n) is 14.1. The zero-order chi connectivity index (χ0) is 34.1. The SMILES string of the molecule is CC1(C)c2ccccc2-c2ccc(N(c3ccccc3)c3ccc4c5c(cccc35)-c3ccc(-c5cccc(-c6ccccc6)c5)cc3O4)cc21. The first-order valence-corrected chi connectivity index (χ1v) is 17.7. The molecule has 0 aromatic heterocycles. The maximum atomic E-state index is 6.78. The van der Waals surface area contributed by atoms with Crippen LogP contribution in [0.5, 0.6) is 11.5 Å². The second-order valence-corrected chi connectivity index (χ2v) is 14.1. The largest absolute Gasteiger partial charge is 0.456 e. The third-order valence-electron chi connectivity index (χ3n) is 10.9. The van der Waals surface area contributed by atoms with Gasteiger partial charge in [0, 0.05) is 33.1 Å². The van der Waals surface area contributed by atoms with Crippen LogP contribution in [0.2, 0.25) is 0 Å². The summed E-state index contributed by atoms with van der Waals surface area (Å²) in [6, 6.07) is 63.5. The number of fused-ring (bicyclic) bond motifs is 5. The fraction of sp³-hybridized carbons (Fsp3) is 0.0612. The molecule has 0 amide bonds. The first kappa shape index (κ1) is 29.5. The summed E-state index contributed by atoms with van der Waals surface area (Å²) >= 11 is 0. The summed E-state index contributed by atoms with van der Waals surface area (Å²) in [5.74, 6) is 1.76. The lowest BCUT2D eigenvalue weighted by Gasteiger charge is -2.30. The molecule has 1 heterocycles. The van der Waals surface area contributed by atoms with Crippen molar-refractivity contribution < 1.29 is 4.74 Å². The van der Waals surface area contributed by atoms with Gasteiger partial charge in [-0.1, -0.05) is 135 Å². The molecule has 2 nitrogen and oxygen atoms in total. The van der Waals surface area contributed by atoms with E-state index in [0.29, 0.717) is 0 Å². The standard InChI is InChI=1S/C49H35NO/c1-49(2)43-22-10-9-19-38(43)39-26-24-37(31-44(39)49)50(36-17-7-4-8-18-36)45-27-28-46-48-41(20-12-21-42(45)48)40-25-23-35(30-47(40)51-46)34-16-11-15-33(29-34)32-13-5-3-6-14-32/h3-31H,1-2H3. The molecule has 8 aromatic carbocycles. The normalized spacial score (nSPS) is 13.2. The average Bonchev–Trinajstić information content (AvgIpc) is 3.42. The molecule has 0 fully saturated rings. The van der Waals surface area contributed by atoms with Gasteiger partial charge in [0.1, 0.15) is 11.5 Å². The highest BCUT2D eigenvalue weighted by Gasteiger charge is 2.36. The van der Waals surface area contributed by atoms with Crippen LogP contribution in [0, 0.1) is 0 Å². The van der Waals surface area contributed by atoms with Crippen LogP contribution < -0.4 is 9.64 Å². The molecule has 0 saturated carbocycles. The Morgan fingerprint density at radius 1 is 0.412 bits per heavy atom.